The molecule has 5 heteroatoms. The monoisotopic (exact) mass is 276 g/mol. The fraction of sp³-hybridized carbons (Fsp3) is 0.467. The van der Waals surface area contributed by atoms with E-state index >= 15 is 0 Å². The highest BCUT2D eigenvalue weighted by Crippen LogP contribution is 2.24. The van der Waals surface area contributed by atoms with Gasteiger partial charge in [-0.25, -0.2) is 0 Å². The van der Waals surface area contributed by atoms with Crippen LogP contribution in [-0.4, -0.2) is 29.1 Å². The van der Waals surface area contributed by atoms with Gasteiger partial charge in [0.15, 0.2) is 0 Å². The van der Waals surface area contributed by atoms with E-state index in [4.69, 9.17) is 0 Å². The Labute approximate surface area is 118 Å². The largest absolute Gasteiger partial charge is 0.394 e. The Balaban J connectivity index is 2.18. The number of aliphatic hydroxyl groups is 1. The van der Waals surface area contributed by atoms with E-state index in [0.29, 0.717) is 24.8 Å². The van der Waals surface area contributed by atoms with Gasteiger partial charge in [-0.2, -0.15) is 0 Å². The van der Waals surface area contributed by atoms with Crippen molar-refractivity contribution in [3.05, 3.63) is 29.3 Å². The normalized spacial score (nSPS) is 13.8. The minimum absolute atomic E-state index is 0.0515. The molecule has 0 saturated heterocycles. The molecule has 2 rings (SSSR count). The Kier molecular flexibility index (Phi) is 4.09. The first-order valence-electron chi connectivity index (χ1n) is 6.89. The predicted molar refractivity (Wildman–Crippen MR) is 76.6 cm³/mol. The lowest BCUT2D eigenvalue weighted by Crippen LogP contribution is -2.50. The molecule has 0 spiro atoms. The van der Waals surface area contributed by atoms with E-state index in [2.05, 4.69) is 10.6 Å². The van der Waals surface area contributed by atoms with E-state index in [-0.39, 0.29) is 18.4 Å². The van der Waals surface area contributed by atoms with Gasteiger partial charge in [0.25, 0.3) is 5.91 Å². The molecule has 1 aliphatic heterocycles. The highest BCUT2D eigenvalue weighted by molar-refractivity contribution is 6.01. The summed E-state index contributed by atoms with van der Waals surface area (Å²) in [7, 11) is 0. The van der Waals surface area contributed by atoms with Crippen LogP contribution < -0.4 is 10.6 Å². The zero-order chi connectivity index (χ0) is 14.8. The smallest absolute Gasteiger partial charge is 0.251 e. The minimum atomic E-state index is -0.579. The first kappa shape index (κ1) is 14.5. The summed E-state index contributed by atoms with van der Waals surface area (Å²) >= 11 is 0. The number of carbonyl (C=O) groups is 2. The molecule has 108 valence electrons. The molecule has 0 aromatic heterocycles. The van der Waals surface area contributed by atoms with Gasteiger partial charge in [-0.1, -0.05) is 13.8 Å². The predicted octanol–water partition coefficient (Wildman–Crippen LogP) is 1.46. The van der Waals surface area contributed by atoms with E-state index in [1.165, 1.54) is 0 Å². The summed E-state index contributed by atoms with van der Waals surface area (Å²) in [5.74, 6) is -0.269. The number of aliphatic hydroxyl groups excluding tert-OH is 1. The highest BCUT2D eigenvalue weighted by atomic mass is 16.3. The van der Waals surface area contributed by atoms with Crippen molar-refractivity contribution < 1.29 is 14.7 Å². The minimum Gasteiger partial charge on any atom is -0.394 e. The highest BCUT2D eigenvalue weighted by Gasteiger charge is 2.28. The molecule has 1 aromatic carbocycles. The SMILES string of the molecule is CCC(CC)(CO)NC(=O)c1ccc2c(c1)CC(=O)N2. The number of benzene rings is 1. The number of rotatable bonds is 5. The van der Waals surface area contributed by atoms with Crippen LogP contribution in [0.2, 0.25) is 0 Å². The summed E-state index contributed by atoms with van der Waals surface area (Å²) in [6.45, 7) is 3.79. The van der Waals surface area contributed by atoms with Crippen molar-refractivity contribution in [1.82, 2.24) is 5.32 Å². The number of hydrogen-bond donors (Lipinski definition) is 3. The van der Waals surface area contributed by atoms with Crippen LogP contribution in [0, 0.1) is 0 Å². The van der Waals surface area contributed by atoms with Crippen LogP contribution in [-0.2, 0) is 11.2 Å². The van der Waals surface area contributed by atoms with Gasteiger partial charge in [0.2, 0.25) is 5.91 Å². The van der Waals surface area contributed by atoms with Crippen molar-refractivity contribution in [1.29, 1.82) is 0 Å². The Morgan fingerprint density at radius 1 is 1.40 bits per heavy atom. The van der Waals surface area contributed by atoms with Crippen LogP contribution in [0.3, 0.4) is 0 Å². The molecule has 1 heterocycles. The molecular formula is C15H20N2O3. The summed E-state index contributed by atoms with van der Waals surface area (Å²) in [6.07, 6.45) is 1.64. The van der Waals surface area contributed by atoms with Gasteiger partial charge in [-0.15, -0.1) is 0 Å². The number of amides is 2. The third kappa shape index (κ3) is 2.67. The molecule has 0 atom stereocenters. The molecule has 5 nitrogen and oxygen atoms in total. The van der Waals surface area contributed by atoms with Gasteiger partial charge in [0, 0.05) is 11.3 Å². The average molecular weight is 276 g/mol. The first-order chi connectivity index (χ1) is 9.53. The third-order valence-corrected chi connectivity index (χ3v) is 4.03. The molecule has 1 aliphatic rings. The van der Waals surface area contributed by atoms with E-state index in [0.717, 1.165) is 11.3 Å². The lowest BCUT2D eigenvalue weighted by atomic mass is 9.93. The first-order valence-corrected chi connectivity index (χ1v) is 6.89. The molecular weight excluding hydrogens is 256 g/mol. The summed E-state index contributed by atoms with van der Waals surface area (Å²) in [4.78, 5) is 23.6. The number of fused-ring (bicyclic) bond motifs is 1. The molecule has 1 aromatic rings. The lowest BCUT2D eigenvalue weighted by Gasteiger charge is -2.30. The third-order valence-electron chi connectivity index (χ3n) is 4.03. The van der Waals surface area contributed by atoms with E-state index in [9.17, 15) is 14.7 Å². The second-order valence-corrected chi connectivity index (χ2v) is 5.20. The quantitative estimate of drug-likeness (QED) is 0.762. The maximum absolute atomic E-state index is 12.3. The average Bonchev–Trinajstić information content (AvgIpc) is 2.83. The van der Waals surface area contributed by atoms with E-state index in [1.54, 1.807) is 18.2 Å². The van der Waals surface area contributed by atoms with Gasteiger partial charge >= 0.3 is 0 Å². The second-order valence-electron chi connectivity index (χ2n) is 5.20. The number of carbonyl (C=O) groups excluding carboxylic acids is 2. The van der Waals surface area contributed by atoms with Crippen molar-refractivity contribution in [2.45, 2.75) is 38.6 Å². The van der Waals surface area contributed by atoms with Gasteiger partial charge in [0.05, 0.1) is 18.6 Å². The topological polar surface area (TPSA) is 78.4 Å². The summed E-state index contributed by atoms with van der Waals surface area (Å²) < 4.78 is 0. The van der Waals surface area contributed by atoms with Gasteiger partial charge in [-0.05, 0) is 36.6 Å². The van der Waals surface area contributed by atoms with Crippen LogP contribution in [0.5, 0.6) is 0 Å². The lowest BCUT2D eigenvalue weighted by molar-refractivity contribution is -0.115. The van der Waals surface area contributed by atoms with Crippen LogP contribution in [0.4, 0.5) is 5.69 Å². The zero-order valence-electron chi connectivity index (χ0n) is 11.8. The Hall–Kier alpha value is -1.88. The number of hydrogen-bond acceptors (Lipinski definition) is 3. The van der Waals surface area contributed by atoms with Gasteiger partial charge in [-0.3, -0.25) is 9.59 Å². The molecule has 0 aliphatic carbocycles. The zero-order valence-corrected chi connectivity index (χ0v) is 11.8. The number of anilines is 1. The molecule has 0 radical (unpaired) electrons. The van der Waals surface area contributed by atoms with Gasteiger partial charge < -0.3 is 15.7 Å². The Bertz CT molecular complexity index is 528. The Morgan fingerprint density at radius 3 is 2.70 bits per heavy atom. The maximum atomic E-state index is 12.3. The molecule has 0 saturated carbocycles. The second kappa shape index (κ2) is 5.63. The van der Waals surface area contributed by atoms with Crippen LogP contribution in [0.1, 0.15) is 42.6 Å². The van der Waals surface area contributed by atoms with Crippen LogP contribution in [0.15, 0.2) is 18.2 Å². The van der Waals surface area contributed by atoms with Crippen molar-refractivity contribution in [3.8, 4) is 0 Å². The van der Waals surface area contributed by atoms with Crippen LogP contribution >= 0.6 is 0 Å². The summed E-state index contributed by atoms with van der Waals surface area (Å²) in [5, 5.41) is 15.1. The molecule has 0 unspecified atom stereocenters. The molecule has 2 amide bonds. The standard InChI is InChI=1S/C15H20N2O3/c1-3-15(4-2,9-18)17-14(20)10-5-6-12-11(7-10)8-13(19)16-12/h5-7,18H,3-4,8-9H2,1-2H3,(H,16,19)(H,17,20). The number of nitrogens with one attached hydrogen (secondary N) is 2. The van der Waals surface area contributed by atoms with Crippen molar-refractivity contribution >= 4 is 17.5 Å². The fourth-order valence-electron chi connectivity index (χ4n) is 2.37. The summed E-state index contributed by atoms with van der Waals surface area (Å²) in [6, 6.07) is 5.16. The van der Waals surface area contributed by atoms with Crippen molar-refractivity contribution in [2.24, 2.45) is 0 Å². The van der Waals surface area contributed by atoms with Crippen LogP contribution in [0.25, 0.3) is 0 Å². The Morgan fingerprint density at radius 2 is 2.10 bits per heavy atom. The van der Waals surface area contributed by atoms with E-state index < -0.39 is 5.54 Å². The molecule has 0 fully saturated rings. The van der Waals surface area contributed by atoms with E-state index in [1.807, 2.05) is 13.8 Å². The molecule has 3 N–H and O–H groups in total. The van der Waals surface area contributed by atoms with Crippen molar-refractivity contribution in [2.75, 3.05) is 11.9 Å². The van der Waals surface area contributed by atoms with Gasteiger partial charge in [0.1, 0.15) is 0 Å². The molecule has 20 heavy (non-hydrogen) atoms. The molecule has 0 bridgehead atoms. The van der Waals surface area contributed by atoms with Crippen molar-refractivity contribution in [3.63, 3.8) is 0 Å². The maximum Gasteiger partial charge on any atom is 0.251 e. The fourth-order valence-corrected chi connectivity index (χ4v) is 2.37. The summed E-state index contributed by atoms with van der Waals surface area (Å²) in [5.41, 5.74) is 1.54.